The van der Waals surface area contributed by atoms with Crippen molar-refractivity contribution in [2.45, 2.75) is 45.1 Å². The van der Waals surface area contributed by atoms with E-state index in [9.17, 15) is 9.59 Å². The summed E-state index contributed by atoms with van der Waals surface area (Å²) in [7, 11) is 0. The van der Waals surface area contributed by atoms with E-state index in [0.717, 1.165) is 17.7 Å². The van der Waals surface area contributed by atoms with Crippen LogP contribution < -0.4 is 16.0 Å². The highest BCUT2D eigenvalue weighted by Crippen LogP contribution is 2.29. The summed E-state index contributed by atoms with van der Waals surface area (Å²) < 4.78 is 0. The number of para-hydroxylation sites is 1. The molecule has 5 nitrogen and oxygen atoms in total. The summed E-state index contributed by atoms with van der Waals surface area (Å²) in [6.45, 7) is 6.98. The Kier molecular flexibility index (Phi) is 4.50. The summed E-state index contributed by atoms with van der Waals surface area (Å²) in [5.74, 6) is -0.111. The lowest BCUT2D eigenvalue weighted by Crippen LogP contribution is -2.51. The molecule has 0 bridgehead atoms. The Labute approximate surface area is 125 Å². The fraction of sp³-hybridized carbons (Fsp3) is 0.500. The van der Waals surface area contributed by atoms with Gasteiger partial charge in [-0.1, -0.05) is 39.0 Å². The highest BCUT2D eigenvalue weighted by molar-refractivity contribution is 5.94. The summed E-state index contributed by atoms with van der Waals surface area (Å²) in [5.41, 5.74) is 1.78. The molecule has 1 heterocycles. The summed E-state index contributed by atoms with van der Waals surface area (Å²) in [6, 6.07) is 6.94. The quantitative estimate of drug-likeness (QED) is 0.782. The minimum Gasteiger partial charge on any atom is -0.354 e. The van der Waals surface area contributed by atoms with E-state index < -0.39 is 6.04 Å². The van der Waals surface area contributed by atoms with Crippen molar-refractivity contribution < 1.29 is 9.59 Å². The van der Waals surface area contributed by atoms with Gasteiger partial charge in [0.2, 0.25) is 5.91 Å². The smallest absolute Gasteiger partial charge is 0.319 e. The van der Waals surface area contributed by atoms with E-state index in [-0.39, 0.29) is 17.4 Å². The zero-order valence-electron chi connectivity index (χ0n) is 12.8. The number of piperidine rings is 1. The van der Waals surface area contributed by atoms with Crippen molar-refractivity contribution in [1.29, 1.82) is 0 Å². The van der Waals surface area contributed by atoms with Gasteiger partial charge in [-0.15, -0.1) is 0 Å². The third-order valence-corrected chi connectivity index (χ3v) is 3.57. The molecule has 2 rings (SSSR count). The maximum absolute atomic E-state index is 12.1. The van der Waals surface area contributed by atoms with Crippen LogP contribution in [0.25, 0.3) is 0 Å². The lowest BCUT2D eigenvalue weighted by Gasteiger charge is -2.25. The molecule has 114 valence electrons. The maximum atomic E-state index is 12.1. The van der Waals surface area contributed by atoms with Crippen LogP contribution in [0.4, 0.5) is 10.5 Å². The van der Waals surface area contributed by atoms with Crippen molar-refractivity contribution in [2.75, 3.05) is 11.9 Å². The number of anilines is 1. The van der Waals surface area contributed by atoms with E-state index >= 15 is 0 Å². The third-order valence-electron chi connectivity index (χ3n) is 3.57. The fourth-order valence-electron chi connectivity index (χ4n) is 2.47. The summed E-state index contributed by atoms with van der Waals surface area (Å²) in [5, 5.41) is 8.34. The van der Waals surface area contributed by atoms with Crippen molar-refractivity contribution in [3.63, 3.8) is 0 Å². The predicted octanol–water partition coefficient (Wildman–Crippen LogP) is 2.38. The molecule has 0 aromatic heterocycles. The van der Waals surface area contributed by atoms with Crippen LogP contribution in [0, 0.1) is 0 Å². The summed E-state index contributed by atoms with van der Waals surface area (Å²) >= 11 is 0. The largest absolute Gasteiger partial charge is 0.354 e. The standard InChI is InChI=1S/C16H23N3O2/c1-16(2,3)11-7-4-5-8-12(11)18-15(21)19-13-9-6-10-17-14(13)20/h4-5,7-8,13H,6,9-10H2,1-3H3,(H,17,20)(H2,18,19,21). The molecule has 5 heteroatoms. The van der Waals surface area contributed by atoms with Gasteiger partial charge < -0.3 is 16.0 Å². The highest BCUT2D eigenvalue weighted by Gasteiger charge is 2.24. The Morgan fingerprint density at radius 1 is 1.29 bits per heavy atom. The number of nitrogens with one attached hydrogen (secondary N) is 3. The van der Waals surface area contributed by atoms with Crippen LogP contribution in [0.15, 0.2) is 24.3 Å². The SMILES string of the molecule is CC(C)(C)c1ccccc1NC(=O)NC1CCCNC1=O. The van der Waals surface area contributed by atoms with E-state index in [1.54, 1.807) is 0 Å². The van der Waals surface area contributed by atoms with Gasteiger partial charge >= 0.3 is 6.03 Å². The van der Waals surface area contributed by atoms with Gasteiger partial charge in [0.05, 0.1) is 0 Å². The van der Waals surface area contributed by atoms with E-state index in [2.05, 4.69) is 36.7 Å². The van der Waals surface area contributed by atoms with Crippen molar-refractivity contribution in [3.05, 3.63) is 29.8 Å². The first-order valence-electron chi connectivity index (χ1n) is 7.32. The van der Waals surface area contributed by atoms with Gasteiger partial charge in [-0.2, -0.15) is 0 Å². The zero-order chi connectivity index (χ0) is 15.5. The minimum absolute atomic E-state index is 0.0634. The molecule has 0 spiro atoms. The van der Waals surface area contributed by atoms with Gasteiger partial charge in [0, 0.05) is 12.2 Å². The normalized spacial score (nSPS) is 18.8. The Balaban J connectivity index is 2.05. The van der Waals surface area contributed by atoms with Gasteiger partial charge in [-0.05, 0) is 29.9 Å². The minimum atomic E-state index is -0.444. The third kappa shape index (κ3) is 3.97. The molecule has 1 aromatic carbocycles. The van der Waals surface area contributed by atoms with Crippen LogP contribution in [0.1, 0.15) is 39.2 Å². The molecule has 1 unspecified atom stereocenters. The first-order valence-corrected chi connectivity index (χ1v) is 7.32. The second-order valence-electron chi connectivity index (χ2n) is 6.38. The summed E-state index contributed by atoms with van der Waals surface area (Å²) in [4.78, 5) is 23.8. The molecule has 3 amide bonds. The number of rotatable bonds is 2. The second kappa shape index (κ2) is 6.16. The molecule has 1 aromatic rings. The molecule has 0 aliphatic carbocycles. The van der Waals surface area contributed by atoms with Crippen molar-refractivity contribution in [1.82, 2.24) is 10.6 Å². The molecule has 0 saturated carbocycles. The molecular weight excluding hydrogens is 266 g/mol. The van der Waals surface area contributed by atoms with E-state index in [4.69, 9.17) is 0 Å². The van der Waals surface area contributed by atoms with E-state index in [0.29, 0.717) is 13.0 Å². The lowest BCUT2D eigenvalue weighted by atomic mass is 9.86. The number of amides is 3. The number of carbonyl (C=O) groups is 2. The lowest BCUT2D eigenvalue weighted by molar-refractivity contribution is -0.124. The van der Waals surface area contributed by atoms with Crippen LogP contribution >= 0.6 is 0 Å². The van der Waals surface area contributed by atoms with Crippen molar-refractivity contribution in [3.8, 4) is 0 Å². The molecule has 1 aliphatic heterocycles. The zero-order valence-corrected chi connectivity index (χ0v) is 12.8. The maximum Gasteiger partial charge on any atom is 0.319 e. The number of hydrogen-bond acceptors (Lipinski definition) is 2. The molecule has 1 aliphatic rings. The number of benzene rings is 1. The Morgan fingerprint density at radius 3 is 2.67 bits per heavy atom. The summed E-state index contributed by atoms with van der Waals surface area (Å²) in [6.07, 6.45) is 1.56. The van der Waals surface area contributed by atoms with Gasteiger partial charge in [-0.25, -0.2) is 4.79 Å². The first-order chi connectivity index (χ1) is 9.88. The van der Waals surface area contributed by atoms with Crippen LogP contribution in [-0.4, -0.2) is 24.5 Å². The van der Waals surface area contributed by atoms with Gasteiger partial charge in [-0.3, -0.25) is 4.79 Å². The van der Waals surface area contributed by atoms with Crippen LogP contribution in [-0.2, 0) is 10.2 Å². The molecule has 0 radical (unpaired) electrons. The highest BCUT2D eigenvalue weighted by atomic mass is 16.2. The average Bonchev–Trinajstić information content (AvgIpc) is 2.41. The first kappa shape index (κ1) is 15.4. The number of hydrogen-bond donors (Lipinski definition) is 3. The second-order valence-corrected chi connectivity index (χ2v) is 6.38. The Bertz CT molecular complexity index is 535. The molecular formula is C16H23N3O2. The molecule has 1 fully saturated rings. The average molecular weight is 289 g/mol. The Hall–Kier alpha value is -2.04. The topological polar surface area (TPSA) is 70.2 Å². The Morgan fingerprint density at radius 2 is 2.00 bits per heavy atom. The molecule has 3 N–H and O–H groups in total. The van der Waals surface area contributed by atoms with Crippen LogP contribution in [0.2, 0.25) is 0 Å². The molecule has 1 atom stereocenters. The number of urea groups is 1. The molecule has 1 saturated heterocycles. The van der Waals surface area contributed by atoms with E-state index in [1.165, 1.54) is 0 Å². The van der Waals surface area contributed by atoms with Gasteiger partial charge in [0.15, 0.2) is 0 Å². The monoisotopic (exact) mass is 289 g/mol. The number of carbonyl (C=O) groups excluding carboxylic acids is 2. The fourth-order valence-corrected chi connectivity index (χ4v) is 2.47. The van der Waals surface area contributed by atoms with Crippen molar-refractivity contribution >= 4 is 17.6 Å². The van der Waals surface area contributed by atoms with E-state index in [1.807, 2.05) is 24.3 Å². The van der Waals surface area contributed by atoms with Crippen LogP contribution in [0.5, 0.6) is 0 Å². The predicted molar refractivity (Wildman–Crippen MR) is 83.3 cm³/mol. The van der Waals surface area contributed by atoms with Gasteiger partial charge in [0.1, 0.15) is 6.04 Å². The van der Waals surface area contributed by atoms with Gasteiger partial charge in [0.25, 0.3) is 0 Å². The van der Waals surface area contributed by atoms with Crippen LogP contribution in [0.3, 0.4) is 0 Å². The van der Waals surface area contributed by atoms with Crippen molar-refractivity contribution in [2.24, 2.45) is 0 Å². The molecule has 21 heavy (non-hydrogen) atoms.